The summed E-state index contributed by atoms with van der Waals surface area (Å²) < 4.78 is 13.5. The summed E-state index contributed by atoms with van der Waals surface area (Å²) in [4.78, 5) is 18.4. The number of aliphatic imine (C=N–C) groups is 1. The first kappa shape index (κ1) is 14.9. The van der Waals surface area contributed by atoms with Crippen molar-refractivity contribution in [1.82, 2.24) is 4.90 Å². The van der Waals surface area contributed by atoms with Crippen LogP contribution in [0.4, 0.5) is 4.39 Å². The van der Waals surface area contributed by atoms with Crippen LogP contribution < -0.4 is 5.73 Å². The Bertz CT molecular complexity index is 877. The quantitative estimate of drug-likeness (QED) is 0.877. The highest BCUT2D eigenvalue weighted by molar-refractivity contribution is 5.99. The van der Waals surface area contributed by atoms with Gasteiger partial charge in [0, 0.05) is 7.05 Å². The number of aryl methyl sites for hydroxylation is 1. The Morgan fingerprint density at radius 2 is 2.00 bits per heavy atom. The zero-order chi connectivity index (χ0) is 16.9. The normalized spacial score (nSPS) is 22.7. The van der Waals surface area contributed by atoms with Gasteiger partial charge in [0.15, 0.2) is 5.96 Å². The number of fused-ring (bicyclic) bond motifs is 2. The molecular formula is C19H18FN3O. The molecule has 1 heterocycles. The Morgan fingerprint density at radius 3 is 2.75 bits per heavy atom. The number of nitrogens with zero attached hydrogens (tertiary/aromatic N) is 2. The zero-order valence-corrected chi connectivity index (χ0v) is 13.4. The van der Waals surface area contributed by atoms with Crippen molar-refractivity contribution in [3.8, 4) is 11.1 Å². The highest BCUT2D eigenvalue weighted by Crippen LogP contribution is 2.46. The van der Waals surface area contributed by atoms with E-state index in [0.29, 0.717) is 6.42 Å². The van der Waals surface area contributed by atoms with Crippen LogP contribution in [0.15, 0.2) is 47.5 Å². The van der Waals surface area contributed by atoms with Gasteiger partial charge in [-0.3, -0.25) is 9.69 Å². The summed E-state index contributed by atoms with van der Waals surface area (Å²) in [5.74, 6) is -0.0267. The molecule has 0 aromatic heterocycles. The van der Waals surface area contributed by atoms with Crippen LogP contribution in [0.2, 0.25) is 0 Å². The third-order valence-electron chi connectivity index (χ3n) is 5.07. The van der Waals surface area contributed by atoms with Crippen molar-refractivity contribution in [2.24, 2.45) is 10.7 Å². The van der Waals surface area contributed by atoms with Crippen molar-refractivity contribution < 1.29 is 9.18 Å². The molecule has 0 saturated carbocycles. The first-order valence-corrected chi connectivity index (χ1v) is 8.00. The smallest absolute Gasteiger partial charge is 0.231 e. The number of halogens is 1. The number of rotatable bonds is 1. The first-order valence-electron chi connectivity index (χ1n) is 8.00. The van der Waals surface area contributed by atoms with Crippen LogP contribution in [0.1, 0.15) is 24.0 Å². The van der Waals surface area contributed by atoms with Gasteiger partial charge >= 0.3 is 0 Å². The maximum Gasteiger partial charge on any atom is 0.231 e. The van der Waals surface area contributed by atoms with Crippen molar-refractivity contribution in [1.29, 1.82) is 0 Å². The number of hydrogen-bond acceptors (Lipinski definition) is 3. The predicted molar refractivity (Wildman–Crippen MR) is 90.8 cm³/mol. The van der Waals surface area contributed by atoms with Gasteiger partial charge in [0.1, 0.15) is 5.82 Å². The number of nitrogens with two attached hydrogens (primary N) is 1. The van der Waals surface area contributed by atoms with Crippen LogP contribution in [-0.4, -0.2) is 23.8 Å². The van der Waals surface area contributed by atoms with Crippen LogP contribution in [0.5, 0.6) is 0 Å². The third kappa shape index (κ3) is 2.19. The number of carbonyl (C=O) groups is 1. The Labute approximate surface area is 139 Å². The summed E-state index contributed by atoms with van der Waals surface area (Å²) in [7, 11) is 1.65. The number of amides is 1. The number of benzene rings is 2. The maximum atomic E-state index is 13.5. The summed E-state index contributed by atoms with van der Waals surface area (Å²) in [5.41, 5.74) is 9.34. The van der Waals surface area contributed by atoms with Crippen molar-refractivity contribution in [2.75, 3.05) is 7.05 Å². The lowest BCUT2D eigenvalue weighted by Crippen LogP contribution is -2.47. The molecule has 0 unspecified atom stereocenters. The van der Waals surface area contributed by atoms with Gasteiger partial charge in [-0.1, -0.05) is 24.3 Å². The molecule has 1 aliphatic heterocycles. The molecule has 2 aromatic rings. The molecule has 1 spiro atoms. The fourth-order valence-corrected chi connectivity index (χ4v) is 3.68. The molecule has 2 N–H and O–H groups in total. The Hall–Kier alpha value is -2.69. The van der Waals surface area contributed by atoms with Gasteiger partial charge < -0.3 is 5.73 Å². The molecule has 4 rings (SSSR count). The molecule has 1 aliphatic carbocycles. The summed E-state index contributed by atoms with van der Waals surface area (Å²) in [6.45, 7) is 0. The fraction of sp³-hybridized carbons (Fsp3) is 0.263. The van der Waals surface area contributed by atoms with E-state index in [9.17, 15) is 9.18 Å². The largest absolute Gasteiger partial charge is 0.369 e. The van der Waals surface area contributed by atoms with Crippen LogP contribution in [0, 0.1) is 5.82 Å². The number of hydrogen-bond donors (Lipinski definition) is 1. The van der Waals surface area contributed by atoms with E-state index in [0.717, 1.165) is 29.5 Å². The summed E-state index contributed by atoms with van der Waals surface area (Å²) in [6.07, 6.45) is 1.96. The van der Waals surface area contributed by atoms with Gasteiger partial charge in [-0.2, -0.15) is 0 Å². The van der Waals surface area contributed by atoms with Crippen LogP contribution in [0.25, 0.3) is 11.1 Å². The SMILES string of the molecule is CN1C(=O)C[C@]2(CCc3ccc(-c4cccc(F)c4)cc32)N=C1N. The van der Waals surface area contributed by atoms with Gasteiger partial charge in [-0.25, -0.2) is 9.38 Å². The second-order valence-electron chi connectivity index (χ2n) is 6.51. The average Bonchev–Trinajstić information content (AvgIpc) is 2.90. The van der Waals surface area contributed by atoms with Crippen molar-refractivity contribution in [3.05, 3.63) is 59.4 Å². The van der Waals surface area contributed by atoms with Gasteiger partial charge in [0.05, 0.1) is 12.0 Å². The second kappa shape index (κ2) is 5.16. The molecule has 4 nitrogen and oxygen atoms in total. The van der Waals surface area contributed by atoms with Gasteiger partial charge in [0.2, 0.25) is 5.91 Å². The molecule has 0 fully saturated rings. The third-order valence-corrected chi connectivity index (χ3v) is 5.07. The molecule has 0 bridgehead atoms. The van der Waals surface area contributed by atoms with E-state index in [1.807, 2.05) is 18.2 Å². The number of guanidine groups is 1. The molecule has 2 aliphatic rings. The lowest BCUT2D eigenvalue weighted by molar-refractivity contribution is -0.128. The van der Waals surface area contributed by atoms with Crippen LogP contribution in [-0.2, 0) is 16.8 Å². The van der Waals surface area contributed by atoms with E-state index in [-0.39, 0.29) is 17.7 Å². The highest BCUT2D eigenvalue weighted by Gasteiger charge is 2.44. The van der Waals surface area contributed by atoms with Crippen molar-refractivity contribution >= 4 is 11.9 Å². The predicted octanol–water partition coefficient (Wildman–Crippen LogP) is 2.81. The lowest BCUT2D eigenvalue weighted by atomic mass is 9.86. The first-order chi connectivity index (χ1) is 11.5. The second-order valence-corrected chi connectivity index (χ2v) is 6.51. The van der Waals surface area contributed by atoms with Gasteiger partial charge in [-0.05, 0) is 53.3 Å². The molecule has 1 atom stereocenters. The zero-order valence-electron chi connectivity index (χ0n) is 13.4. The van der Waals surface area contributed by atoms with Crippen LogP contribution in [0.3, 0.4) is 0 Å². The Morgan fingerprint density at radius 1 is 1.21 bits per heavy atom. The van der Waals surface area contributed by atoms with Crippen LogP contribution >= 0.6 is 0 Å². The minimum atomic E-state index is -0.577. The van der Waals surface area contributed by atoms with Crippen molar-refractivity contribution in [3.63, 3.8) is 0 Å². The fourth-order valence-electron chi connectivity index (χ4n) is 3.68. The minimum Gasteiger partial charge on any atom is -0.369 e. The summed E-state index contributed by atoms with van der Waals surface area (Å²) in [6, 6.07) is 12.6. The Kier molecular flexibility index (Phi) is 3.20. The minimum absolute atomic E-state index is 0.0218. The Balaban J connectivity index is 1.84. The standard InChI is InChI=1S/C19H18FN3O/c1-23-17(24)11-19(22-18(23)21)8-7-12-5-6-14(10-16(12)19)13-3-2-4-15(20)9-13/h2-6,9-10H,7-8,11H2,1H3,(H2,21,22)/t19-/m0/s1. The van der Waals surface area contributed by atoms with E-state index in [1.165, 1.54) is 22.6 Å². The highest BCUT2D eigenvalue weighted by atomic mass is 19.1. The molecule has 0 radical (unpaired) electrons. The number of carbonyl (C=O) groups excluding carboxylic acids is 1. The average molecular weight is 323 g/mol. The summed E-state index contributed by atoms with van der Waals surface area (Å²) >= 11 is 0. The maximum absolute atomic E-state index is 13.5. The van der Waals surface area contributed by atoms with E-state index in [1.54, 1.807) is 13.1 Å². The summed E-state index contributed by atoms with van der Waals surface area (Å²) in [5, 5.41) is 0. The van der Waals surface area contributed by atoms with E-state index in [4.69, 9.17) is 5.73 Å². The van der Waals surface area contributed by atoms with E-state index < -0.39 is 5.54 Å². The topological polar surface area (TPSA) is 58.7 Å². The molecular weight excluding hydrogens is 305 g/mol. The molecule has 0 saturated heterocycles. The molecule has 1 amide bonds. The van der Waals surface area contributed by atoms with E-state index in [2.05, 4.69) is 11.1 Å². The van der Waals surface area contributed by atoms with Crippen molar-refractivity contribution in [2.45, 2.75) is 24.8 Å². The van der Waals surface area contributed by atoms with Gasteiger partial charge in [-0.15, -0.1) is 0 Å². The molecule has 5 heteroatoms. The lowest BCUT2D eigenvalue weighted by Gasteiger charge is -2.34. The molecule has 122 valence electrons. The van der Waals surface area contributed by atoms with Gasteiger partial charge in [0.25, 0.3) is 0 Å². The molecule has 2 aromatic carbocycles. The van der Waals surface area contributed by atoms with E-state index >= 15 is 0 Å². The molecule has 24 heavy (non-hydrogen) atoms. The monoisotopic (exact) mass is 323 g/mol.